The van der Waals surface area contributed by atoms with Gasteiger partial charge in [0.15, 0.2) is 0 Å². The smallest absolute Gasteiger partial charge is 0.230 e. The highest BCUT2D eigenvalue weighted by molar-refractivity contribution is 7.80. The Labute approximate surface area is 177 Å². The van der Waals surface area contributed by atoms with Crippen LogP contribution in [0.1, 0.15) is 57.4 Å². The molecule has 0 amide bonds. The second-order valence-electron chi connectivity index (χ2n) is 7.62. The number of nitrogens with one attached hydrogen (secondary N) is 5. The lowest BCUT2D eigenvalue weighted by Crippen LogP contribution is -2.32. The zero-order valence-electron chi connectivity index (χ0n) is 16.9. The number of hydrogen-bond acceptors (Lipinski definition) is 9. The van der Waals surface area contributed by atoms with Gasteiger partial charge in [-0.1, -0.05) is 19.3 Å². The number of anilines is 2. The molecule has 9 heteroatoms. The predicted molar refractivity (Wildman–Crippen MR) is 120 cm³/mol. The van der Waals surface area contributed by atoms with Crippen molar-refractivity contribution in [2.24, 2.45) is 0 Å². The largest absolute Gasteiger partial charge is 0.386 e. The Balaban J connectivity index is 1.76. The Morgan fingerprint density at radius 2 is 1.83 bits per heavy atom. The molecule has 1 saturated carbocycles. The third-order valence-electron chi connectivity index (χ3n) is 5.32. The molecule has 1 aliphatic heterocycles. The van der Waals surface area contributed by atoms with E-state index < -0.39 is 0 Å². The monoisotopic (exact) mass is 417 g/mol. The van der Waals surface area contributed by atoms with Gasteiger partial charge in [-0.3, -0.25) is 0 Å². The van der Waals surface area contributed by atoms with Gasteiger partial charge in [-0.15, -0.1) is 12.6 Å². The summed E-state index contributed by atoms with van der Waals surface area (Å²) in [7, 11) is 0. The maximum Gasteiger partial charge on any atom is 0.230 e. The van der Waals surface area contributed by atoms with E-state index in [1.807, 2.05) is 0 Å². The van der Waals surface area contributed by atoms with E-state index in [-0.39, 0.29) is 0 Å². The third-order valence-corrected chi connectivity index (χ3v) is 5.64. The molecule has 3 rings (SSSR count). The van der Waals surface area contributed by atoms with Crippen molar-refractivity contribution in [2.45, 2.75) is 69.0 Å². The number of thiol groups is 1. The minimum Gasteiger partial charge on any atom is -0.386 e. The van der Waals surface area contributed by atoms with Crippen LogP contribution in [0.4, 0.5) is 11.8 Å². The first-order chi connectivity index (χ1) is 14.1. The van der Waals surface area contributed by atoms with E-state index in [4.69, 9.17) is 15.6 Å². The van der Waals surface area contributed by atoms with Crippen LogP contribution >= 0.6 is 12.6 Å². The molecule has 29 heavy (non-hydrogen) atoms. The first-order valence-corrected chi connectivity index (χ1v) is 10.8. The molecule has 0 unspecified atom stereocenters. The van der Waals surface area contributed by atoms with Crippen LogP contribution in [0.25, 0.3) is 0 Å². The van der Waals surface area contributed by atoms with Crippen LogP contribution in [0.3, 0.4) is 0 Å². The predicted octanol–water partition coefficient (Wildman–Crippen LogP) is 3.57. The first kappa shape index (κ1) is 21.6. The highest BCUT2D eigenvalue weighted by atomic mass is 32.1. The Morgan fingerprint density at radius 1 is 1.10 bits per heavy atom. The van der Waals surface area contributed by atoms with Crippen LogP contribution in [0.15, 0.2) is 16.9 Å². The fourth-order valence-corrected chi connectivity index (χ4v) is 4.08. The van der Waals surface area contributed by atoms with Gasteiger partial charge in [0.05, 0.1) is 11.3 Å². The molecule has 1 aromatic heterocycles. The van der Waals surface area contributed by atoms with Gasteiger partial charge in [0.2, 0.25) is 5.95 Å². The SMILES string of the molecule is CC(=N)c1c(S)nc(N/C(C=N)=C/NC2CCOCC2)nc1NC1CCCCC1. The summed E-state index contributed by atoms with van der Waals surface area (Å²) in [4.78, 5) is 9.02. The standard InChI is InChI=1S/C20H31N7OS/c1-13(22)17-18(24-15-5-3-2-4-6-15)26-20(27-19(17)29)25-16(11-21)12-23-14-7-9-28-10-8-14/h11-12,14-15,21-23H,2-10H2,1H3,(H3,24,25,26,27,29)/b16-12+,21-11?,22-13?. The van der Waals surface area contributed by atoms with Gasteiger partial charge in [0.1, 0.15) is 10.8 Å². The summed E-state index contributed by atoms with van der Waals surface area (Å²) in [6.07, 6.45) is 10.8. The molecule has 5 N–H and O–H groups in total. The van der Waals surface area contributed by atoms with Crippen LogP contribution in [0, 0.1) is 10.8 Å². The zero-order valence-corrected chi connectivity index (χ0v) is 17.8. The number of rotatable bonds is 8. The lowest BCUT2D eigenvalue weighted by atomic mass is 9.95. The van der Waals surface area contributed by atoms with E-state index in [0.29, 0.717) is 45.8 Å². The highest BCUT2D eigenvalue weighted by Crippen LogP contribution is 2.27. The lowest BCUT2D eigenvalue weighted by Gasteiger charge is -2.25. The van der Waals surface area contributed by atoms with Crippen molar-refractivity contribution in [3.63, 3.8) is 0 Å². The maximum absolute atomic E-state index is 8.10. The molecule has 1 aliphatic carbocycles. The number of hydrogen-bond donors (Lipinski definition) is 6. The molecule has 2 fully saturated rings. The van der Waals surface area contributed by atoms with Crippen LogP contribution in [0.5, 0.6) is 0 Å². The van der Waals surface area contributed by atoms with E-state index in [0.717, 1.165) is 38.9 Å². The van der Waals surface area contributed by atoms with Crippen molar-refractivity contribution in [3.05, 3.63) is 17.5 Å². The molecule has 0 radical (unpaired) electrons. The quantitative estimate of drug-likeness (QED) is 0.219. The minimum atomic E-state index is 0.341. The lowest BCUT2D eigenvalue weighted by molar-refractivity contribution is 0.0812. The Morgan fingerprint density at radius 3 is 2.48 bits per heavy atom. The second kappa shape index (κ2) is 10.6. The summed E-state index contributed by atoms with van der Waals surface area (Å²) >= 11 is 4.50. The van der Waals surface area contributed by atoms with Crippen LogP contribution in [-0.4, -0.2) is 47.2 Å². The molecular formula is C20H31N7OS. The van der Waals surface area contributed by atoms with E-state index >= 15 is 0 Å². The van der Waals surface area contributed by atoms with Gasteiger partial charge in [-0.25, -0.2) is 4.98 Å². The van der Waals surface area contributed by atoms with Gasteiger partial charge in [0, 0.05) is 43.4 Å². The maximum atomic E-state index is 8.10. The molecule has 8 nitrogen and oxygen atoms in total. The Bertz CT molecular complexity index is 755. The summed E-state index contributed by atoms with van der Waals surface area (Å²) in [6.45, 7) is 3.23. The summed E-state index contributed by atoms with van der Waals surface area (Å²) in [5.41, 5.74) is 1.57. The summed E-state index contributed by atoms with van der Waals surface area (Å²) < 4.78 is 5.37. The minimum absolute atomic E-state index is 0.341. The molecule has 0 aromatic carbocycles. The fraction of sp³-hybridized carbons (Fsp3) is 0.600. The molecule has 2 aliphatic rings. The number of ether oxygens (including phenoxy) is 1. The Hall–Kier alpha value is -2.13. The van der Waals surface area contributed by atoms with E-state index in [2.05, 4.69) is 38.5 Å². The van der Waals surface area contributed by atoms with Crippen LogP contribution in [0.2, 0.25) is 0 Å². The van der Waals surface area contributed by atoms with Crippen molar-refractivity contribution < 1.29 is 4.74 Å². The van der Waals surface area contributed by atoms with Crippen molar-refractivity contribution in [3.8, 4) is 0 Å². The van der Waals surface area contributed by atoms with Crippen molar-refractivity contribution >= 4 is 36.3 Å². The second-order valence-corrected chi connectivity index (χ2v) is 8.04. The third kappa shape index (κ3) is 6.17. The highest BCUT2D eigenvalue weighted by Gasteiger charge is 2.20. The van der Waals surface area contributed by atoms with Gasteiger partial charge < -0.3 is 31.5 Å². The summed E-state index contributed by atoms with van der Waals surface area (Å²) in [6, 6.07) is 0.693. The van der Waals surface area contributed by atoms with Crippen LogP contribution in [-0.2, 0) is 4.74 Å². The molecule has 0 spiro atoms. The van der Waals surface area contributed by atoms with Crippen LogP contribution < -0.4 is 16.0 Å². The van der Waals surface area contributed by atoms with Crippen molar-refractivity contribution in [1.29, 1.82) is 10.8 Å². The van der Waals surface area contributed by atoms with Gasteiger partial charge in [-0.2, -0.15) is 4.98 Å². The number of allylic oxidation sites excluding steroid dienone is 1. The summed E-state index contributed by atoms with van der Waals surface area (Å²) in [5, 5.41) is 26.2. The normalized spacial score (nSPS) is 18.9. The zero-order chi connectivity index (χ0) is 20.6. The van der Waals surface area contributed by atoms with Gasteiger partial charge in [-0.05, 0) is 32.6 Å². The average molecular weight is 418 g/mol. The number of aromatic nitrogens is 2. The topological polar surface area (TPSA) is 119 Å². The van der Waals surface area contributed by atoms with E-state index in [1.165, 1.54) is 25.5 Å². The van der Waals surface area contributed by atoms with Gasteiger partial charge in [0.25, 0.3) is 0 Å². The first-order valence-electron chi connectivity index (χ1n) is 10.3. The molecule has 1 aromatic rings. The average Bonchev–Trinajstić information content (AvgIpc) is 2.72. The molecule has 2 heterocycles. The van der Waals surface area contributed by atoms with Crippen molar-refractivity contribution in [1.82, 2.24) is 15.3 Å². The molecule has 158 valence electrons. The molecule has 1 saturated heterocycles. The number of nitrogens with zero attached hydrogens (tertiary/aromatic N) is 2. The molecular weight excluding hydrogens is 386 g/mol. The van der Waals surface area contributed by atoms with Gasteiger partial charge >= 0.3 is 0 Å². The van der Waals surface area contributed by atoms with E-state index in [9.17, 15) is 0 Å². The Kier molecular flexibility index (Phi) is 7.88. The molecule has 0 bridgehead atoms. The molecule has 0 atom stereocenters. The fourth-order valence-electron chi connectivity index (χ4n) is 3.71. The summed E-state index contributed by atoms with van der Waals surface area (Å²) in [5.74, 6) is 0.996. The van der Waals surface area contributed by atoms with E-state index in [1.54, 1.807) is 13.1 Å². The van der Waals surface area contributed by atoms with Crippen molar-refractivity contribution in [2.75, 3.05) is 23.8 Å².